The highest BCUT2D eigenvalue weighted by Gasteiger charge is 2.24. The minimum absolute atomic E-state index is 0.108. The molecule has 0 saturated carbocycles. The van der Waals surface area contributed by atoms with Gasteiger partial charge in [0.15, 0.2) is 6.10 Å². The van der Waals surface area contributed by atoms with Crippen LogP contribution < -0.4 is 10.1 Å². The molecule has 0 aliphatic carbocycles. The maximum absolute atomic E-state index is 13.1. The average molecular weight is 373 g/mol. The summed E-state index contributed by atoms with van der Waals surface area (Å²) in [6.07, 6.45) is 0.0476. The summed E-state index contributed by atoms with van der Waals surface area (Å²) >= 11 is 0. The lowest BCUT2D eigenvalue weighted by Crippen LogP contribution is -2.40. The number of nitrogens with one attached hydrogen (secondary N) is 1. The van der Waals surface area contributed by atoms with Gasteiger partial charge in [0.25, 0.3) is 5.91 Å². The van der Waals surface area contributed by atoms with E-state index < -0.39 is 6.10 Å². The molecule has 0 saturated heterocycles. The highest BCUT2D eigenvalue weighted by Crippen LogP contribution is 2.26. The fourth-order valence-corrected chi connectivity index (χ4v) is 3.30. The van der Waals surface area contributed by atoms with Crippen LogP contribution in [0.15, 0.2) is 78.9 Å². The Kier molecular flexibility index (Phi) is 6.49. The van der Waals surface area contributed by atoms with Crippen molar-refractivity contribution in [2.45, 2.75) is 39.3 Å². The van der Waals surface area contributed by atoms with Crippen LogP contribution in [-0.4, -0.2) is 12.0 Å². The molecule has 3 nitrogen and oxygen atoms in total. The molecule has 2 atom stereocenters. The minimum Gasteiger partial charge on any atom is -0.480 e. The Morgan fingerprint density at radius 2 is 1.46 bits per heavy atom. The van der Waals surface area contributed by atoms with Crippen molar-refractivity contribution >= 4 is 5.91 Å². The second-order valence-electron chi connectivity index (χ2n) is 6.99. The van der Waals surface area contributed by atoms with Crippen LogP contribution in [0.3, 0.4) is 0 Å². The van der Waals surface area contributed by atoms with Gasteiger partial charge in [0.1, 0.15) is 5.75 Å². The molecule has 0 aliphatic heterocycles. The second kappa shape index (κ2) is 9.23. The molecule has 1 N–H and O–H groups in total. The Balaban J connectivity index is 1.86. The Morgan fingerprint density at radius 3 is 2.11 bits per heavy atom. The smallest absolute Gasteiger partial charge is 0.261 e. The molecule has 3 aromatic carbocycles. The third-order valence-corrected chi connectivity index (χ3v) is 4.95. The first-order chi connectivity index (χ1) is 13.6. The van der Waals surface area contributed by atoms with Crippen LogP contribution in [-0.2, 0) is 4.79 Å². The zero-order valence-electron chi connectivity index (χ0n) is 16.7. The van der Waals surface area contributed by atoms with Crippen LogP contribution >= 0.6 is 0 Å². The monoisotopic (exact) mass is 373 g/mol. The number of benzene rings is 3. The maximum atomic E-state index is 13.1. The number of amides is 1. The molecule has 3 rings (SSSR count). The van der Waals surface area contributed by atoms with Crippen LogP contribution in [0.2, 0.25) is 0 Å². The van der Waals surface area contributed by atoms with Crippen molar-refractivity contribution in [1.29, 1.82) is 0 Å². The number of aryl methyl sites for hydroxylation is 2. The van der Waals surface area contributed by atoms with E-state index in [4.69, 9.17) is 4.74 Å². The van der Waals surface area contributed by atoms with Crippen LogP contribution in [0.5, 0.6) is 5.75 Å². The highest BCUT2D eigenvalue weighted by molar-refractivity contribution is 5.82. The predicted octanol–water partition coefficient (Wildman–Crippen LogP) is 5.37. The first kappa shape index (κ1) is 19.7. The Hall–Kier alpha value is -3.07. The highest BCUT2D eigenvalue weighted by atomic mass is 16.5. The van der Waals surface area contributed by atoms with Gasteiger partial charge >= 0.3 is 0 Å². The Morgan fingerprint density at radius 1 is 0.857 bits per heavy atom. The van der Waals surface area contributed by atoms with Crippen molar-refractivity contribution in [3.05, 3.63) is 101 Å². The molecule has 0 radical (unpaired) electrons. The topological polar surface area (TPSA) is 38.3 Å². The van der Waals surface area contributed by atoms with E-state index in [2.05, 4.69) is 24.4 Å². The summed E-state index contributed by atoms with van der Waals surface area (Å²) in [6.45, 7) is 6.02. The van der Waals surface area contributed by atoms with E-state index in [1.54, 1.807) is 0 Å². The van der Waals surface area contributed by atoms with Gasteiger partial charge in [-0.15, -0.1) is 0 Å². The molecule has 3 heteroatoms. The molecule has 0 aromatic heterocycles. The van der Waals surface area contributed by atoms with Crippen molar-refractivity contribution in [2.24, 2.45) is 0 Å². The second-order valence-corrected chi connectivity index (χ2v) is 6.99. The molecule has 0 bridgehead atoms. The number of hydrogen-bond acceptors (Lipinski definition) is 2. The summed E-state index contributed by atoms with van der Waals surface area (Å²) in [5.74, 6) is 0.638. The third kappa shape index (κ3) is 4.61. The van der Waals surface area contributed by atoms with Crippen LogP contribution in [0.4, 0.5) is 0 Å². The van der Waals surface area contributed by atoms with Gasteiger partial charge < -0.3 is 10.1 Å². The maximum Gasteiger partial charge on any atom is 0.261 e. The van der Waals surface area contributed by atoms with Crippen molar-refractivity contribution in [3.8, 4) is 5.75 Å². The lowest BCUT2D eigenvalue weighted by atomic mass is 9.94. The molecule has 1 amide bonds. The zero-order valence-corrected chi connectivity index (χ0v) is 16.7. The number of carbonyl (C=O) groups is 1. The van der Waals surface area contributed by atoms with Gasteiger partial charge in [0.05, 0.1) is 6.04 Å². The summed E-state index contributed by atoms with van der Waals surface area (Å²) in [6, 6.07) is 25.8. The summed E-state index contributed by atoms with van der Waals surface area (Å²) in [5.41, 5.74) is 4.31. The van der Waals surface area contributed by atoms with E-state index in [9.17, 15) is 4.79 Å². The first-order valence-electron chi connectivity index (χ1n) is 9.73. The minimum atomic E-state index is -0.545. The molecule has 3 aromatic rings. The standard InChI is InChI=1S/C25H27NO2/c1-4-22(28-23-17-11-9-13-19(23)3)25(27)26-24(20-14-6-5-7-15-20)21-16-10-8-12-18(21)2/h5-17,22,24H,4H2,1-3H3,(H,26,27)/t22-,24-/m1/s1. The van der Waals surface area contributed by atoms with E-state index in [1.165, 1.54) is 0 Å². The largest absolute Gasteiger partial charge is 0.480 e. The number of carbonyl (C=O) groups excluding carboxylic acids is 1. The number of para-hydroxylation sites is 1. The Labute approximate surface area is 167 Å². The van der Waals surface area contributed by atoms with Gasteiger partial charge in [-0.05, 0) is 48.6 Å². The molecule has 0 unspecified atom stereocenters. The third-order valence-electron chi connectivity index (χ3n) is 4.95. The number of rotatable bonds is 7. The number of hydrogen-bond donors (Lipinski definition) is 1. The number of ether oxygens (including phenoxy) is 1. The lowest BCUT2D eigenvalue weighted by Gasteiger charge is -2.25. The predicted molar refractivity (Wildman–Crippen MR) is 113 cm³/mol. The van der Waals surface area contributed by atoms with Gasteiger partial charge in [-0.1, -0.05) is 79.7 Å². The molecule has 0 aliphatic rings. The zero-order chi connectivity index (χ0) is 19.9. The average Bonchev–Trinajstić information content (AvgIpc) is 2.72. The van der Waals surface area contributed by atoms with Crippen molar-refractivity contribution in [2.75, 3.05) is 0 Å². The first-order valence-corrected chi connectivity index (χ1v) is 9.73. The molecule has 0 spiro atoms. The summed E-state index contributed by atoms with van der Waals surface area (Å²) < 4.78 is 6.05. The lowest BCUT2D eigenvalue weighted by molar-refractivity contribution is -0.128. The van der Waals surface area contributed by atoms with E-state index in [0.717, 1.165) is 28.0 Å². The molecule has 0 heterocycles. The quantitative estimate of drug-likeness (QED) is 0.605. The Bertz CT molecular complexity index is 921. The van der Waals surface area contributed by atoms with E-state index >= 15 is 0 Å². The van der Waals surface area contributed by atoms with Crippen molar-refractivity contribution in [3.63, 3.8) is 0 Å². The summed E-state index contributed by atoms with van der Waals surface area (Å²) in [4.78, 5) is 13.1. The van der Waals surface area contributed by atoms with Gasteiger partial charge in [-0.2, -0.15) is 0 Å². The molecular formula is C25H27NO2. The normalized spacial score (nSPS) is 12.8. The fourth-order valence-electron chi connectivity index (χ4n) is 3.30. The van der Waals surface area contributed by atoms with E-state index in [1.807, 2.05) is 80.6 Å². The molecule has 0 fully saturated rings. The molecule has 144 valence electrons. The summed E-state index contributed by atoms with van der Waals surface area (Å²) in [5, 5.41) is 3.22. The molecule has 28 heavy (non-hydrogen) atoms. The summed E-state index contributed by atoms with van der Waals surface area (Å²) in [7, 11) is 0. The van der Waals surface area contributed by atoms with Gasteiger partial charge in [-0.25, -0.2) is 0 Å². The molecular weight excluding hydrogens is 346 g/mol. The SMILES string of the molecule is CC[C@@H](Oc1ccccc1C)C(=O)N[C@H](c1ccccc1)c1ccccc1C. The van der Waals surface area contributed by atoms with Gasteiger partial charge in [-0.3, -0.25) is 4.79 Å². The van der Waals surface area contributed by atoms with Crippen molar-refractivity contribution < 1.29 is 9.53 Å². The fraction of sp³-hybridized carbons (Fsp3) is 0.240. The van der Waals surface area contributed by atoms with Crippen LogP contribution in [0.1, 0.15) is 41.6 Å². The van der Waals surface area contributed by atoms with E-state index in [-0.39, 0.29) is 11.9 Å². The van der Waals surface area contributed by atoms with Gasteiger partial charge in [0.2, 0.25) is 0 Å². The van der Waals surface area contributed by atoms with Gasteiger partial charge in [0, 0.05) is 0 Å². The van der Waals surface area contributed by atoms with Crippen LogP contribution in [0.25, 0.3) is 0 Å². The van der Waals surface area contributed by atoms with Crippen molar-refractivity contribution in [1.82, 2.24) is 5.32 Å². The van der Waals surface area contributed by atoms with E-state index in [0.29, 0.717) is 6.42 Å². The van der Waals surface area contributed by atoms with Crippen LogP contribution in [0, 0.1) is 13.8 Å².